The van der Waals surface area contributed by atoms with Crippen LogP contribution in [-0.4, -0.2) is 142 Å². The van der Waals surface area contributed by atoms with Crippen molar-refractivity contribution in [3.05, 3.63) is 12.2 Å². The van der Waals surface area contributed by atoms with Gasteiger partial charge in [-0.25, -0.2) is 0 Å². The standard InChI is InChI=1S/C51H94O15/c1-3-5-7-9-11-13-15-17-19-21-23-25-27-29-31-33-42(53)61-36-39(64-43(54)34-32-30-28-26-24-22-20-18-16-14-12-10-8-6-4-2)37-62-50-49(60)47(58)45(56)41(66-50)38-63-51-48(59)46(57)44(55)40(35-52)65-51/h13,15,39-41,44-52,55-60H,3-12,14,16-38H2,1-2H3/b15-13+/t39-,40-,41-,44+,45+,46?,47?,48?,49?,50-,51-/m1/s1. The first-order valence-corrected chi connectivity index (χ1v) is 26.3. The van der Waals surface area contributed by atoms with Gasteiger partial charge in [0.15, 0.2) is 18.7 Å². The molecule has 0 saturated carbocycles. The molecule has 2 heterocycles. The minimum Gasteiger partial charge on any atom is -0.462 e. The molecule has 0 aromatic rings. The van der Waals surface area contributed by atoms with Crippen LogP contribution in [-0.2, 0) is 38.0 Å². The summed E-state index contributed by atoms with van der Waals surface area (Å²) in [5.41, 5.74) is 0. The van der Waals surface area contributed by atoms with Crippen molar-refractivity contribution in [3.8, 4) is 0 Å². The molecule has 0 radical (unpaired) electrons. The van der Waals surface area contributed by atoms with Crippen LogP contribution in [0.15, 0.2) is 12.2 Å². The lowest BCUT2D eigenvalue weighted by Gasteiger charge is -2.42. The first-order chi connectivity index (χ1) is 32.0. The zero-order chi connectivity index (χ0) is 48.2. The first-order valence-electron chi connectivity index (χ1n) is 26.3. The summed E-state index contributed by atoms with van der Waals surface area (Å²) in [6, 6.07) is 0. The second-order valence-corrected chi connectivity index (χ2v) is 18.7. The van der Waals surface area contributed by atoms with Gasteiger partial charge in [-0.15, -0.1) is 0 Å². The van der Waals surface area contributed by atoms with E-state index in [0.717, 1.165) is 44.9 Å². The number of esters is 2. The fourth-order valence-electron chi connectivity index (χ4n) is 8.39. The quantitative estimate of drug-likeness (QED) is 0.0180. The van der Waals surface area contributed by atoms with E-state index in [9.17, 15) is 45.3 Å². The van der Waals surface area contributed by atoms with Gasteiger partial charge in [0.1, 0.15) is 55.4 Å². The SMILES string of the molecule is CCCCCC/C=C/CCCCCCCCCC(=O)OC[C@H](CO[C@@H]1O[C@H](CO[C@@H]2O[C@H](CO)[C@H](O)C(O)C2O)[C@H](O)C(O)C1O)OC(=O)CCCCCCCCCCCCCCCCC. The van der Waals surface area contributed by atoms with Crippen molar-refractivity contribution in [1.29, 1.82) is 0 Å². The number of hydrogen-bond acceptors (Lipinski definition) is 15. The van der Waals surface area contributed by atoms with Crippen LogP contribution >= 0.6 is 0 Å². The van der Waals surface area contributed by atoms with E-state index in [1.807, 2.05) is 0 Å². The van der Waals surface area contributed by atoms with E-state index < -0.39 is 92.7 Å². The third-order valence-electron chi connectivity index (χ3n) is 12.7. The number of rotatable bonds is 41. The van der Waals surface area contributed by atoms with Crippen molar-refractivity contribution in [3.63, 3.8) is 0 Å². The van der Waals surface area contributed by atoms with Gasteiger partial charge in [-0.05, 0) is 38.5 Å². The predicted molar refractivity (Wildman–Crippen MR) is 252 cm³/mol. The van der Waals surface area contributed by atoms with E-state index in [1.165, 1.54) is 122 Å². The fourth-order valence-corrected chi connectivity index (χ4v) is 8.39. The van der Waals surface area contributed by atoms with Crippen LogP contribution in [0.2, 0.25) is 0 Å². The van der Waals surface area contributed by atoms with E-state index in [-0.39, 0.29) is 26.1 Å². The second kappa shape index (κ2) is 39.0. The van der Waals surface area contributed by atoms with E-state index in [1.54, 1.807) is 0 Å². The molecule has 7 N–H and O–H groups in total. The van der Waals surface area contributed by atoms with Crippen LogP contribution in [0, 0.1) is 0 Å². The zero-order valence-electron chi connectivity index (χ0n) is 40.9. The summed E-state index contributed by atoms with van der Waals surface area (Å²) in [5, 5.41) is 72.1. The van der Waals surface area contributed by atoms with Crippen molar-refractivity contribution >= 4 is 11.9 Å². The molecule has 0 bridgehead atoms. The highest BCUT2D eigenvalue weighted by atomic mass is 16.7. The third-order valence-corrected chi connectivity index (χ3v) is 12.7. The highest BCUT2D eigenvalue weighted by Gasteiger charge is 2.47. The van der Waals surface area contributed by atoms with Gasteiger partial charge in [0.25, 0.3) is 0 Å². The van der Waals surface area contributed by atoms with E-state index in [0.29, 0.717) is 12.8 Å². The molecule has 0 aromatic carbocycles. The Balaban J connectivity index is 1.80. The van der Waals surface area contributed by atoms with Gasteiger partial charge in [0.05, 0.1) is 19.8 Å². The summed E-state index contributed by atoms with van der Waals surface area (Å²) >= 11 is 0. The topological polar surface area (TPSA) is 231 Å². The van der Waals surface area contributed by atoms with Gasteiger partial charge in [0, 0.05) is 12.8 Å². The Kier molecular flexibility index (Phi) is 35.7. The maximum absolute atomic E-state index is 13.0. The number of hydrogen-bond donors (Lipinski definition) is 7. The monoisotopic (exact) mass is 947 g/mol. The van der Waals surface area contributed by atoms with E-state index in [4.69, 9.17) is 28.4 Å². The minimum absolute atomic E-state index is 0.170. The summed E-state index contributed by atoms with van der Waals surface area (Å²) in [5.74, 6) is -0.919. The van der Waals surface area contributed by atoms with Gasteiger partial charge < -0.3 is 64.2 Å². The van der Waals surface area contributed by atoms with Crippen LogP contribution in [0.4, 0.5) is 0 Å². The molecule has 2 aliphatic rings. The van der Waals surface area contributed by atoms with Gasteiger partial charge in [-0.2, -0.15) is 0 Å². The molecular formula is C51H94O15. The lowest BCUT2D eigenvalue weighted by atomic mass is 9.98. The Bertz CT molecular complexity index is 1210. The molecule has 0 aliphatic carbocycles. The van der Waals surface area contributed by atoms with Crippen molar-refractivity contribution < 1.29 is 73.8 Å². The van der Waals surface area contributed by atoms with Gasteiger partial charge >= 0.3 is 11.9 Å². The Morgan fingerprint density at radius 3 is 1.35 bits per heavy atom. The highest BCUT2D eigenvalue weighted by molar-refractivity contribution is 5.70. The molecular weight excluding hydrogens is 853 g/mol. The molecule has 0 spiro atoms. The molecule has 388 valence electrons. The molecule has 2 fully saturated rings. The first kappa shape index (κ1) is 60.4. The number of carbonyl (C=O) groups is 2. The van der Waals surface area contributed by atoms with Crippen molar-refractivity contribution in [2.45, 2.75) is 274 Å². The van der Waals surface area contributed by atoms with Gasteiger partial charge in [-0.1, -0.05) is 167 Å². The number of ether oxygens (including phenoxy) is 6. The van der Waals surface area contributed by atoms with Crippen LogP contribution < -0.4 is 0 Å². The molecule has 15 heteroatoms. The molecule has 66 heavy (non-hydrogen) atoms. The predicted octanol–water partition coefficient (Wildman–Crippen LogP) is 7.38. The summed E-state index contributed by atoms with van der Waals surface area (Å²) in [7, 11) is 0. The molecule has 2 rings (SSSR count). The average Bonchev–Trinajstić information content (AvgIpc) is 3.31. The van der Waals surface area contributed by atoms with Crippen molar-refractivity contribution in [2.75, 3.05) is 26.4 Å². The molecule has 11 atom stereocenters. The molecule has 0 amide bonds. The minimum atomic E-state index is -1.76. The normalized spacial score (nSPS) is 26.2. The average molecular weight is 947 g/mol. The van der Waals surface area contributed by atoms with Crippen LogP contribution in [0.3, 0.4) is 0 Å². The summed E-state index contributed by atoms with van der Waals surface area (Å²) in [6.07, 6.45) is 20.9. The maximum Gasteiger partial charge on any atom is 0.306 e. The van der Waals surface area contributed by atoms with Crippen LogP contribution in [0.5, 0.6) is 0 Å². The number of aliphatic hydroxyl groups is 7. The maximum atomic E-state index is 13.0. The summed E-state index contributed by atoms with van der Waals surface area (Å²) in [6.45, 7) is 2.60. The molecule has 4 unspecified atom stereocenters. The van der Waals surface area contributed by atoms with Crippen LogP contribution in [0.25, 0.3) is 0 Å². The second-order valence-electron chi connectivity index (χ2n) is 18.7. The fraction of sp³-hybridized carbons (Fsp3) is 0.922. The Morgan fingerprint density at radius 2 is 0.864 bits per heavy atom. The van der Waals surface area contributed by atoms with Gasteiger partial charge in [0.2, 0.25) is 0 Å². The smallest absolute Gasteiger partial charge is 0.306 e. The summed E-state index contributed by atoms with van der Waals surface area (Å²) < 4.78 is 33.6. The lowest BCUT2D eigenvalue weighted by molar-refractivity contribution is -0.332. The molecule has 2 aliphatic heterocycles. The van der Waals surface area contributed by atoms with Crippen molar-refractivity contribution in [1.82, 2.24) is 0 Å². The Hall–Kier alpha value is -1.76. The van der Waals surface area contributed by atoms with E-state index in [2.05, 4.69) is 26.0 Å². The number of carbonyl (C=O) groups excluding carboxylic acids is 2. The Labute approximate surface area is 397 Å². The number of aliphatic hydroxyl groups excluding tert-OH is 7. The summed E-state index contributed by atoms with van der Waals surface area (Å²) in [4.78, 5) is 25.8. The largest absolute Gasteiger partial charge is 0.462 e. The zero-order valence-corrected chi connectivity index (χ0v) is 40.9. The molecule has 0 aromatic heterocycles. The van der Waals surface area contributed by atoms with Crippen LogP contribution in [0.1, 0.15) is 206 Å². The molecule has 2 saturated heterocycles. The van der Waals surface area contributed by atoms with Crippen molar-refractivity contribution in [2.24, 2.45) is 0 Å². The Morgan fingerprint density at radius 1 is 0.470 bits per heavy atom. The lowest BCUT2D eigenvalue weighted by Crippen LogP contribution is -2.61. The highest BCUT2D eigenvalue weighted by Crippen LogP contribution is 2.26. The number of allylic oxidation sites excluding steroid dienone is 2. The van der Waals surface area contributed by atoms with E-state index >= 15 is 0 Å². The molecule has 15 nitrogen and oxygen atoms in total. The van der Waals surface area contributed by atoms with Gasteiger partial charge in [-0.3, -0.25) is 9.59 Å². The third kappa shape index (κ3) is 26.8. The number of unbranched alkanes of at least 4 members (excludes halogenated alkanes) is 25.